The van der Waals surface area contributed by atoms with Crippen LogP contribution in [-0.4, -0.2) is 21.7 Å². The highest BCUT2D eigenvalue weighted by molar-refractivity contribution is 5.94. The zero-order valence-electron chi connectivity index (χ0n) is 14.5. The second-order valence-corrected chi connectivity index (χ2v) is 6.61. The number of nitrogens with two attached hydrogens (primary N) is 1. The van der Waals surface area contributed by atoms with E-state index in [4.69, 9.17) is 5.73 Å². The number of aromatic nitrogens is 2. The standard InChI is InChI=1S/C19H26N4O/c1-3-7-16(20)19(24)22-18-13(2)12-21-23(18)17-11-6-9-14-8-4-5-10-15(14)17/h4-5,8,10,12,16-17H,3,6-7,9,11,20H2,1-2H3,(H,22,24). The summed E-state index contributed by atoms with van der Waals surface area (Å²) in [7, 11) is 0. The number of amides is 1. The van der Waals surface area contributed by atoms with Crippen LogP contribution in [0.4, 0.5) is 5.82 Å². The Bertz CT molecular complexity index is 722. The number of aryl methyl sites for hydroxylation is 2. The highest BCUT2D eigenvalue weighted by atomic mass is 16.2. The Kier molecular flexibility index (Phi) is 5.00. The van der Waals surface area contributed by atoms with Crippen molar-refractivity contribution >= 4 is 11.7 Å². The molecule has 0 radical (unpaired) electrons. The van der Waals surface area contributed by atoms with Crippen LogP contribution in [0.25, 0.3) is 0 Å². The molecule has 0 saturated heterocycles. The third-order valence-electron chi connectivity index (χ3n) is 4.79. The van der Waals surface area contributed by atoms with Crippen LogP contribution in [0.5, 0.6) is 0 Å². The summed E-state index contributed by atoms with van der Waals surface area (Å²) in [6.45, 7) is 4.00. The molecule has 24 heavy (non-hydrogen) atoms. The molecule has 1 aliphatic rings. The number of hydrogen-bond donors (Lipinski definition) is 2. The fraction of sp³-hybridized carbons (Fsp3) is 0.474. The minimum absolute atomic E-state index is 0.134. The molecule has 1 aromatic carbocycles. The van der Waals surface area contributed by atoms with Crippen LogP contribution in [0, 0.1) is 6.92 Å². The number of benzene rings is 1. The van der Waals surface area contributed by atoms with Gasteiger partial charge in [-0.3, -0.25) is 4.79 Å². The summed E-state index contributed by atoms with van der Waals surface area (Å²) < 4.78 is 1.96. The van der Waals surface area contributed by atoms with Gasteiger partial charge in [-0.1, -0.05) is 37.6 Å². The predicted molar refractivity (Wildman–Crippen MR) is 96.0 cm³/mol. The van der Waals surface area contributed by atoms with Crippen LogP contribution >= 0.6 is 0 Å². The lowest BCUT2D eigenvalue weighted by Gasteiger charge is -2.27. The SMILES string of the molecule is CCCC(N)C(=O)Nc1c(C)cnn1C1CCCc2ccccc21. The molecule has 3 N–H and O–H groups in total. The van der Waals surface area contributed by atoms with E-state index in [2.05, 4.69) is 34.7 Å². The van der Waals surface area contributed by atoms with Crippen LogP contribution < -0.4 is 11.1 Å². The third kappa shape index (κ3) is 3.22. The molecule has 2 aromatic rings. The van der Waals surface area contributed by atoms with E-state index in [1.54, 1.807) is 0 Å². The smallest absolute Gasteiger partial charge is 0.242 e. The summed E-state index contributed by atoms with van der Waals surface area (Å²) in [5, 5.41) is 7.57. The largest absolute Gasteiger partial charge is 0.320 e. The van der Waals surface area contributed by atoms with Gasteiger partial charge in [-0.15, -0.1) is 0 Å². The van der Waals surface area contributed by atoms with E-state index < -0.39 is 6.04 Å². The van der Waals surface area contributed by atoms with Crippen LogP contribution in [0.1, 0.15) is 55.3 Å². The number of nitrogens with zero attached hydrogens (tertiary/aromatic N) is 2. The molecule has 2 atom stereocenters. The summed E-state index contributed by atoms with van der Waals surface area (Å²) in [6, 6.07) is 8.21. The maximum Gasteiger partial charge on any atom is 0.242 e. The molecule has 0 spiro atoms. The van der Waals surface area contributed by atoms with Crippen molar-refractivity contribution in [2.45, 2.75) is 58.0 Å². The van der Waals surface area contributed by atoms with Gasteiger partial charge in [0.2, 0.25) is 5.91 Å². The normalized spacial score (nSPS) is 18.0. The lowest BCUT2D eigenvalue weighted by Crippen LogP contribution is -2.36. The first kappa shape index (κ1) is 16.7. The van der Waals surface area contributed by atoms with E-state index in [1.165, 1.54) is 11.1 Å². The van der Waals surface area contributed by atoms with Crippen LogP contribution in [-0.2, 0) is 11.2 Å². The van der Waals surface area contributed by atoms with Crippen LogP contribution in [0.15, 0.2) is 30.5 Å². The first-order chi connectivity index (χ1) is 11.6. The molecule has 5 nitrogen and oxygen atoms in total. The summed E-state index contributed by atoms with van der Waals surface area (Å²) in [5.74, 6) is 0.638. The first-order valence-electron chi connectivity index (χ1n) is 8.80. The summed E-state index contributed by atoms with van der Waals surface area (Å²) in [5.41, 5.74) is 9.61. The Labute approximate surface area is 143 Å². The molecule has 0 bridgehead atoms. The van der Waals surface area contributed by atoms with Crippen LogP contribution in [0.3, 0.4) is 0 Å². The first-order valence-corrected chi connectivity index (χ1v) is 8.80. The number of carbonyl (C=O) groups is 1. The molecular weight excluding hydrogens is 300 g/mol. The Morgan fingerprint density at radius 2 is 2.25 bits per heavy atom. The molecule has 0 fully saturated rings. The van der Waals surface area contributed by atoms with Gasteiger partial charge in [0, 0.05) is 5.56 Å². The van der Waals surface area contributed by atoms with Gasteiger partial charge in [0.05, 0.1) is 18.3 Å². The van der Waals surface area contributed by atoms with Gasteiger partial charge in [-0.25, -0.2) is 4.68 Å². The Hall–Kier alpha value is -2.14. The topological polar surface area (TPSA) is 72.9 Å². The number of fused-ring (bicyclic) bond motifs is 1. The summed E-state index contributed by atoms with van der Waals surface area (Å²) in [6.07, 6.45) is 6.66. The molecular formula is C19H26N4O. The van der Waals surface area contributed by atoms with E-state index in [-0.39, 0.29) is 11.9 Å². The molecule has 2 unspecified atom stereocenters. The van der Waals surface area contributed by atoms with Gasteiger partial charge in [0.25, 0.3) is 0 Å². The number of carbonyl (C=O) groups excluding carboxylic acids is 1. The van der Waals surface area contributed by atoms with Gasteiger partial charge in [-0.05, 0) is 43.7 Å². The monoisotopic (exact) mass is 326 g/mol. The van der Waals surface area contributed by atoms with Crippen molar-refractivity contribution in [3.8, 4) is 0 Å². The Morgan fingerprint density at radius 3 is 3.04 bits per heavy atom. The second kappa shape index (κ2) is 7.18. The molecule has 3 rings (SSSR count). The Balaban J connectivity index is 1.90. The van der Waals surface area contributed by atoms with Crippen LogP contribution in [0.2, 0.25) is 0 Å². The van der Waals surface area contributed by atoms with E-state index in [1.807, 2.05) is 24.7 Å². The zero-order chi connectivity index (χ0) is 17.1. The predicted octanol–water partition coefficient (Wildman–Crippen LogP) is 3.18. The molecule has 1 aliphatic carbocycles. The van der Waals surface area contributed by atoms with E-state index in [0.717, 1.165) is 37.1 Å². The summed E-state index contributed by atoms with van der Waals surface area (Å²) >= 11 is 0. The van der Waals surface area contributed by atoms with Gasteiger partial charge < -0.3 is 11.1 Å². The highest BCUT2D eigenvalue weighted by Crippen LogP contribution is 2.35. The van der Waals surface area contributed by atoms with Crippen molar-refractivity contribution < 1.29 is 4.79 Å². The molecule has 0 saturated carbocycles. The van der Waals surface area contributed by atoms with Crippen molar-refractivity contribution in [2.24, 2.45) is 5.73 Å². The van der Waals surface area contributed by atoms with Gasteiger partial charge in [0.1, 0.15) is 5.82 Å². The minimum Gasteiger partial charge on any atom is -0.320 e. The van der Waals surface area contributed by atoms with E-state index in [9.17, 15) is 4.79 Å². The third-order valence-corrected chi connectivity index (χ3v) is 4.79. The van der Waals surface area contributed by atoms with E-state index >= 15 is 0 Å². The number of rotatable bonds is 5. The zero-order valence-corrected chi connectivity index (χ0v) is 14.5. The molecule has 1 heterocycles. The van der Waals surface area contributed by atoms with Crippen molar-refractivity contribution in [1.82, 2.24) is 9.78 Å². The van der Waals surface area contributed by atoms with Crippen molar-refractivity contribution in [3.63, 3.8) is 0 Å². The van der Waals surface area contributed by atoms with Gasteiger partial charge >= 0.3 is 0 Å². The minimum atomic E-state index is -0.476. The number of nitrogens with one attached hydrogen (secondary N) is 1. The van der Waals surface area contributed by atoms with Gasteiger partial charge in [0.15, 0.2) is 0 Å². The molecule has 1 aromatic heterocycles. The fourth-order valence-electron chi connectivity index (χ4n) is 3.47. The molecule has 1 amide bonds. The molecule has 5 heteroatoms. The van der Waals surface area contributed by atoms with E-state index in [0.29, 0.717) is 6.42 Å². The van der Waals surface area contributed by atoms with Crippen molar-refractivity contribution in [1.29, 1.82) is 0 Å². The number of hydrogen-bond acceptors (Lipinski definition) is 3. The van der Waals surface area contributed by atoms with Crippen molar-refractivity contribution in [2.75, 3.05) is 5.32 Å². The lowest BCUT2D eigenvalue weighted by molar-refractivity contribution is -0.117. The quantitative estimate of drug-likeness (QED) is 0.886. The maximum absolute atomic E-state index is 12.4. The summed E-state index contributed by atoms with van der Waals surface area (Å²) in [4.78, 5) is 12.4. The highest BCUT2D eigenvalue weighted by Gasteiger charge is 2.26. The second-order valence-electron chi connectivity index (χ2n) is 6.61. The fourth-order valence-corrected chi connectivity index (χ4v) is 3.47. The average Bonchev–Trinajstić information content (AvgIpc) is 2.95. The lowest BCUT2D eigenvalue weighted by atomic mass is 9.88. The van der Waals surface area contributed by atoms with Gasteiger partial charge in [-0.2, -0.15) is 5.10 Å². The molecule has 128 valence electrons. The number of anilines is 1. The average molecular weight is 326 g/mol. The molecule has 0 aliphatic heterocycles. The van der Waals surface area contributed by atoms with Crippen molar-refractivity contribution in [3.05, 3.63) is 47.2 Å². The maximum atomic E-state index is 12.4. The Morgan fingerprint density at radius 1 is 1.46 bits per heavy atom.